The van der Waals surface area contributed by atoms with Gasteiger partial charge in [0.15, 0.2) is 0 Å². The molecule has 0 aliphatic carbocycles. The third-order valence-electron chi connectivity index (χ3n) is 4.69. The Morgan fingerprint density at radius 1 is 1.24 bits per heavy atom. The zero-order valence-electron chi connectivity index (χ0n) is 13.9. The topological polar surface area (TPSA) is 15.3 Å². The number of halogens is 1. The highest BCUT2D eigenvalue weighted by Crippen LogP contribution is 2.36. The molecule has 0 aromatic heterocycles. The van der Waals surface area contributed by atoms with Crippen LogP contribution in [0.5, 0.6) is 0 Å². The fourth-order valence-corrected chi connectivity index (χ4v) is 3.38. The quantitative estimate of drug-likeness (QED) is 0.866. The van der Waals surface area contributed by atoms with Crippen LogP contribution in [0.1, 0.15) is 46.1 Å². The summed E-state index contributed by atoms with van der Waals surface area (Å²) in [5, 5.41) is 4.21. The van der Waals surface area contributed by atoms with E-state index >= 15 is 0 Å². The van der Waals surface area contributed by atoms with E-state index in [1.54, 1.807) is 0 Å². The molecule has 0 bridgehead atoms. The molecule has 1 saturated heterocycles. The Kier molecular flexibility index (Phi) is 5.56. The second-order valence-electron chi connectivity index (χ2n) is 7.18. The van der Waals surface area contributed by atoms with E-state index in [0.29, 0.717) is 5.41 Å². The summed E-state index contributed by atoms with van der Waals surface area (Å²) in [5.41, 5.74) is 2.89. The van der Waals surface area contributed by atoms with Crippen molar-refractivity contribution in [3.8, 4) is 0 Å². The van der Waals surface area contributed by atoms with Crippen molar-refractivity contribution in [2.75, 3.05) is 24.5 Å². The van der Waals surface area contributed by atoms with Crippen molar-refractivity contribution in [2.24, 2.45) is 11.3 Å². The molecule has 1 aliphatic heterocycles. The summed E-state index contributed by atoms with van der Waals surface area (Å²) >= 11 is 6.42. The minimum Gasteiger partial charge on any atom is -0.371 e. The van der Waals surface area contributed by atoms with Gasteiger partial charge in [0, 0.05) is 30.3 Å². The van der Waals surface area contributed by atoms with Gasteiger partial charge in [0.2, 0.25) is 0 Å². The number of hydrogen-bond donors (Lipinski definition) is 1. The molecule has 118 valence electrons. The molecular weight excluding hydrogens is 280 g/mol. The highest BCUT2D eigenvalue weighted by atomic mass is 35.5. The molecule has 2 nitrogen and oxygen atoms in total. The molecule has 21 heavy (non-hydrogen) atoms. The molecule has 1 heterocycles. The highest BCUT2D eigenvalue weighted by Gasteiger charge is 2.28. The van der Waals surface area contributed by atoms with E-state index < -0.39 is 0 Å². The molecule has 1 aromatic carbocycles. The van der Waals surface area contributed by atoms with E-state index in [9.17, 15) is 0 Å². The van der Waals surface area contributed by atoms with Crippen molar-refractivity contribution in [1.82, 2.24) is 5.32 Å². The number of anilines is 1. The normalized spacial score (nSPS) is 17.3. The Morgan fingerprint density at radius 2 is 1.90 bits per heavy atom. The van der Waals surface area contributed by atoms with Crippen LogP contribution in [0.15, 0.2) is 18.2 Å². The lowest BCUT2D eigenvalue weighted by Gasteiger charge is -2.39. The van der Waals surface area contributed by atoms with Gasteiger partial charge >= 0.3 is 0 Å². The molecule has 3 heteroatoms. The molecule has 0 radical (unpaired) electrons. The van der Waals surface area contributed by atoms with Gasteiger partial charge in [0.25, 0.3) is 0 Å². The standard InChI is InChI=1S/C18H29ClN2/c1-5-20-13-14-6-7-16(12-17(14)19)21-10-8-15(9-11-21)18(2,3)4/h6-7,12,15,20H,5,8-11,13H2,1-4H3. The van der Waals surface area contributed by atoms with Gasteiger partial charge < -0.3 is 10.2 Å². The van der Waals surface area contributed by atoms with Crippen molar-refractivity contribution in [2.45, 2.75) is 47.1 Å². The molecular formula is C18H29ClN2. The maximum atomic E-state index is 6.42. The van der Waals surface area contributed by atoms with Gasteiger partial charge in [-0.05, 0) is 48.4 Å². The van der Waals surface area contributed by atoms with E-state index in [2.05, 4.69) is 56.1 Å². The Bertz CT molecular complexity index is 457. The molecule has 0 spiro atoms. The first-order valence-corrected chi connectivity index (χ1v) is 8.53. The van der Waals surface area contributed by atoms with E-state index in [1.807, 2.05) is 0 Å². The number of nitrogens with one attached hydrogen (secondary N) is 1. The molecule has 0 saturated carbocycles. The molecule has 1 N–H and O–H groups in total. The van der Waals surface area contributed by atoms with Crippen molar-refractivity contribution < 1.29 is 0 Å². The van der Waals surface area contributed by atoms with Crippen LogP contribution in [-0.4, -0.2) is 19.6 Å². The number of nitrogens with zero attached hydrogens (tertiary/aromatic N) is 1. The average molecular weight is 309 g/mol. The molecule has 1 aliphatic rings. The zero-order chi connectivity index (χ0) is 15.5. The van der Waals surface area contributed by atoms with Crippen LogP contribution in [0.25, 0.3) is 0 Å². The lowest BCUT2D eigenvalue weighted by atomic mass is 9.75. The Morgan fingerprint density at radius 3 is 2.43 bits per heavy atom. The van der Waals surface area contributed by atoms with Crippen molar-refractivity contribution in [1.29, 1.82) is 0 Å². The zero-order valence-corrected chi connectivity index (χ0v) is 14.6. The monoisotopic (exact) mass is 308 g/mol. The lowest BCUT2D eigenvalue weighted by Crippen LogP contribution is -2.38. The first kappa shape index (κ1) is 16.6. The number of rotatable bonds is 4. The fraction of sp³-hybridized carbons (Fsp3) is 0.667. The summed E-state index contributed by atoms with van der Waals surface area (Å²) in [6.07, 6.45) is 2.56. The lowest BCUT2D eigenvalue weighted by molar-refractivity contribution is 0.199. The molecule has 0 amide bonds. The molecule has 1 aromatic rings. The summed E-state index contributed by atoms with van der Waals surface area (Å²) < 4.78 is 0. The van der Waals surface area contributed by atoms with Crippen LogP contribution in [0.3, 0.4) is 0 Å². The van der Waals surface area contributed by atoms with Crippen LogP contribution in [0, 0.1) is 11.3 Å². The van der Waals surface area contributed by atoms with E-state index in [-0.39, 0.29) is 0 Å². The van der Waals surface area contributed by atoms with Crippen LogP contribution < -0.4 is 10.2 Å². The second kappa shape index (κ2) is 7.02. The van der Waals surface area contributed by atoms with Crippen LogP contribution in [-0.2, 0) is 6.54 Å². The SMILES string of the molecule is CCNCc1ccc(N2CCC(C(C)(C)C)CC2)cc1Cl. The van der Waals surface area contributed by atoms with E-state index in [4.69, 9.17) is 11.6 Å². The average Bonchev–Trinajstić information content (AvgIpc) is 2.45. The summed E-state index contributed by atoms with van der Waals surface area (Å²) in [5.74, 6) is 0.831. The first-order chi connectivity index (χ1) is 9.91. The van der Waals surface area contributed by atoms with Crippen LogP contribution in [0.2, 0.25) is 5.02 Å². The molecule has 0 atom stereocenters. The Labute approximate surface area is 134 Å². The maximum Gasteiger partial charge on any atom is 0.0471 e. The van der Waals surface area contributed by atoms with Gasteiger partial charge in [0.1, 0.15) is 0 Å². The van der Waals surface area contributed by atoms with Gasteiger partial charge in [0.05, 0.1) is 0 Å². The Hall–Kier alpha value is -0.730. The molecule has 0 unspecified atom stereocenters. The van der Waals surface area contributed by atoms with E-state index in [0.717, 1.165) is 37.1 Å². The smallest absolute Gasteiger partial charge is 0.0471 e. The number of piperidine rings is 1. The summed E-state index contributed by atoms with van der Waals surface area (Å²) in [7, 11) is 0. The van der Waals surface area contributed by atoms with Crippen molar-refractivity contribution in [3.05, 3.63) is 28.8 Å². The fourth-order valence-electron chi connectivity index (χ4n) is 3.14. The first-order valence-electron chi connectivity index (χ1n) is 8.16. The van der Waals surface area contributed by atoms with Gasteiger partial charge in [-0.1, -0.05) is 45.4 Å². The number of hydrogen-bond acceptors (Lipinski definition) is 2. The van der Waals surface area contributed by atoms with E-state index in [1.165, 1.54) is 24.1 Å². The number of benzene rings is 1. The van der Waals surface area contributed by atoms with Crippen molar-refractivity contribution >= 4 is 17.3 Å². The third-order valence-corrected chi connectivity index (χ3v) is 5.04. The van der Waals surface area contributed by atoms with Crippen LogP contribution in [0.4, 0.5) is 5.69 Å². The second-order valence-corrected chi connectivity index (χ2v) is 7.59. The molecule has 2 rings (SSSR count). The largest absolute Gasteiger partial charge is 0.371 e. The minimum atomic E-state index is 0.430. The molecule has 1 fully saturated rings. The van der Waals surface area contributed by atoms with Gasteiger partial charge in [-0.15, -0.1) is 0 Å². The van der Waals surface area contributed by atoms with Gasteiger partial charge in [-0.3, -0.25) is 0 Å². The maximum absolute atomic E-state index is 6.42. The highest BCUT2D eigenvalue weighted by molar-refractivity contribution is 6.31. The summed E-state index contributed by atoms with van der Waals surface area (Å²) in [4.78, 5) is 2.48. The third kappa shape index (κ3) is 4.37. The predicted octanol–water partition coefficient (Wildman–Crippen LogP) is 4.71. The van der Waals surface area contributed by atoms with Gasteiger partial charge in [-0.2, -0.15) is 0 Å². The minimum absolute atomic E-state index is 0.430. The summed E-state index contributed by atoms with van der Waals surface area (Å²) in [6, 6.07) is 6.51. The predicted molar refractivity (Wildman–Crippen MR) is 93.2 cm³/mol. The van der Waals surface area contributed by atoms with Gasteiger partial charge in [-0.25, -0.2) is 0 Å². The van der Waals surface area contributed by atoms with Crippen LogP contribution >= 0.6 is 11.6 Å². The summed E-state index contributed by atoms with van der Waals surface area (Å²) in [6.45, 7) is 13.3. The van der Waals surface area contributed by atoms with Crippen molar-refractivity contribution in [3.63, 3.8) is 0 Å². The Balaban J connectivity index is 1.99.